The summed E-state index contributed by atoms with van der Waals surface area (Å²) in [5, 5.41) is 15.3. The molecule has 9 nitrogen and oxygen atoms in total. The van der Waals surface area contributed by atoms with Crippen molar-refractivity contribution in [2.45, 2.75) is 58.3 Å². The van der Waals surface area contributed by atoms with Crippen molar-refractivity contribution >= 4 is 45.9 Å². The Morgan fingerprint density at radius 3 is 2.47 bits per heavy atom. The Morgan fingerprint density at radius 2 is 1.81 bits per heavy atom. The summed E-state index contributed by atoms with van der Waals surface area (Å²) in [6, 6.07) is 12.7. The van der Waals surface area contributed by atoms with Gasteiger partial charge < -0.3 is 10.6 Å². The number of hydrogen-bond donors (Lipinski definition) is 2. The molecule has 2 N–H and O–H groups in total. The molecule has 2 heterocycles. The predicted molar refractivity (Wildman–Crippen MR) is 143 cm³/mol. The minimum atomic E-state index is -0.228. The van der Waals surface area contributed by atoms with Gasteiger partial charge in [-0.3, -0.25) is 23.4 Å². The number of fused-ring (bicyclic) bond motifs is 3. The maximum atomic E-state index is 13.2. The Balaban J connectivity index is 1.69. The number of carbonyl (C=O) groups excluding carboxylic acids is 2. The fourth-order valence-corrected chi connectivity index (χ4v) is 4.68. The third kappa shape index (κ3) is 5.28. The number of thioether (sulfide) groups is 1. The van der Waals surface area contributed by atoms with Crippen molar-refractivity contribution in [1.29, 1.82) is 0 Å². The molecule has 2 aromatic heterocycles. The molecule has 0 bridgehead atoms. The highest BCUT2D eigenvalue weighted by molar-refractivity contribution is 7.99. The lowest BCUT2D eigenvalue weighted by Gasteiger charge is -2.13. The lowest BCUT2D eigenvalue weighted by Crippen LogP contribution is -2.30. The van der Waals surface area contributed by atoms with E-state index < -0.39 is 0 Å². The van der Waals surface area contributed by atoms with Gasteiger partial charge in [0, 0.05) is 23.8 Å². The van der Waals surface area contributed by atoms with Crippen LogP contribution in [0.2, 0.25) is 0 Å². The Morgan fingerprint density at radius 1 is 1.06 bits per heavy atom. The van der Waals surface area contributed by atoms with Crippen LogP contribution in [-0.2, 0) is 17.8 Å². The zero-order valence-electron chi connectivity index (χ0n) is 20.9. The largest absolute Gasteiger partial charge is 0.350 e. The summed E-state index contributed by atoms with van der Waals surface area (Å²) in [6.07, 6.45) is 1.67. The lowest BCUT2D eigenvalue weighted by atomic mass is 10.1. The summed E-state index contributed by atoms with van der Waals surface area (Å²) < 4.78 is 3.34. The zero-order chi connectivity index (χ0) is 25.8. The predicted octanol–water partition coefficient (Wildman–Crippen LogP) is 3.89. The zero-order valence-corrected chi connectivity index (χ0v) is 21.7. The topological polar surface area (TPSA) is 110 Å². The summed E-state index contributed by atoms with van der Waals surface area (Å²) >= 11 is 1.23. The number of anilines is 1. The normalized spacial score (nSPS) is 11.4. The second-order valence-electron chi connectivity index (χ2n) is 8.82. The summed E-state index contributed by atoms with van der Waals surface area (Å²) in [5.74, 6) is 0.0877. The van der Waals surface area contributed by atoms with Gasteiger partial charge in [-0.05, 0) is 62.6 Å². The van der Waals surface area contributed by atoms with Gasteiger partial charge in [-0.15, -0.1) is 10.2 Å². The monoisotopic (exact) mass is 506 g/mol. The number of aromatic nitrogens is 4. The van der Waals surface area contributed by atoms with Crippen LogP contribution in [0.3, 0.4) is 0 Å². The van der Waals surface area contributed by atoms with E-state index in [0.717, 1.165) is 18.5 Å². The van der Waals surface area contributed by atoms with Crippen LogP contribution in [0.25, 0.3) is 16.7 Å². The number of nitrogens with one attached hydrogen (secondary N) is 2. The standard InChI is InChI=1S/C26H30N6O3S/c1-5-13-31-24(35)20-12-9-18(23(34)27-16(3)4)14-21(20)32-25(31)29-30-26(32)36-15-22(33)28-19-10-7-17(6-2)8-11-19/h7-12,14,16H,5-6,13,15H2,1-4H3,(H,27,34)(H,28,33). The van der Waals surface area contributed by atoms with E-state index >= 15 is 0 Å². The maximum Gasteiger partial charge on any atom is 0.262 e. The molecule has 2 amide bonds. The molecule has 0 radical (unpaired) electrons. The quantitative estimate of drug-likeness (QED) is 0.333. The van der Waals surface area contributed by atoms with E-state index in [1.54, 1.807) is 27.2 Å². The first-order valence-electron chi connectivity index (χ1n) is 12.1. The average molecular weight is 507 g/mol. The van der Waals surface area contributed by atoms with Crippen LogP contribution < -0.4 is 16.2 Å². The van der Waals surface area contributed by atoms with E-state index in [0.29, 0.717) is 33.9 Å². The Labute approximate surface area is 213 Å². The lowest BCUT2D eigenvalue weighted by molar-refractivity contribution is -0.113. The van der Waals surface area contributed by atoms with Crippen molar-refractivity contribution in [2.24, 2.45) is 0 Å². The van der Waals surface area contributed by atoms with E-state index in [2.05, 4.69) is 27.8 Å². The molecule has 4 rings (SSSR count). The molecule has 0 saturated carbocycles. The molecule has 0 aliphatic carbocycles. The molecule has 0 spiro atoms. The van der Waals surface area contributed by atoms with Crippen LogP contribution in [0.5, 0.6) is 0 Å². The Bertz CT molecular complexity index is 1470. The van der Waals surface area contributed by atoms with E-state index in [1.807, 2.05) is 45.0 Å². The molecule has 4 aromatic rings. The van der Waals surface area contributed by atoms with Gasteiger partial charge in [-0.2, -0.15) is 0 Å². The highest BCUT2D eigenvalue weighted by Crippen LogP contribution is 2.23. The Kier molecular flexibility index (Phi) is 7.73. The molecule has 0 fully saturated rings. The van der Waals surface area contributed by atoms with Crippen molar-refractivity contribution < 1.29 is 9.59 Å². The van der Waals surface area contributed by atoms with Crippen LogP contribution in [0, 0.1) is 0 Å². The second-order valence-corrected chi connectivity index (χ2v) is 9.76. The van der Waals surface area contributed by atoms with Crippen molar-refractivity contribution in [2.75, 3.05) is 11.1 Å². The molecule has 2 aromatic carbocycles. The van der Waals surface area contributed by atoms with Gasteiger partial charge in [0.05, 0.1) is 16.7 Å². The summed E-state index contributed by atoms with van der Waals surface area (Å²) in [5.41, 5.74) is 2.70. The van der Waals surface area contributed by atoms with Crippen LogP contribution >= 0.6 is 11.8 Å². The van der Waals surface area contributed by atoms with E-state index in [1.165, 1.54) is 17.3 Å². The minimum Gasteiger partial charge on any atom is -0.350 e. The smallest absolute Gasteiger partial charge is 0.262 e. The first-order chi connectivity index (χ1) is 17.3. The van der Waals surface area contributed by atoms with Gasteiger partial charge in [-0.25, -0.2) is 0 Å². The van der Waals surface area contributed by atoms with Gasteiger partial charge in [0.1, 0.15) is 0 Å². The first kappa shape index (κ1) is 25.4. The minimum absolute atomic E-state index is 0.0245. The van der Waals surface area contributed by atoms with Crippen LogP contribution in [-0.4, -0.2) is 42.8 Å². The summed E-state index contributed by atoms with van der Waals surface area (Å²) in [7, 11) is 0. The fourth-order valence-electron chi connectivity index (χ4n) is 3.94. The number of amides is 2. The maximum absolute atomic E-state index is 13.2. The number of rotatable bonds is 9. The van der Waals surface area contributed by atoms with E-state index in [-0.39, 0.29) is 29.2 Å². The Hall–Kier alpha value is -3.66. The van der Waals surface area contributed by atoms with Crippen molar-refractivity contribution in [1.82, 2.24) is 24.5 Å². The van der Waals surface area contributed by atoms with Gasteiger partial charge in [0.25, 0.3) is 11.5 Å². The van der Waals surface area contributed by atoms with Crippen molar-refractivity contribution in [3.8, 4) is 0 Å². The molecular formula is C26H30N6O3S. The van der Waals surface area contributed by atoms with E-state index in [4.69, 9.17) is 0 Å². The highest BCUT2D eigenvalue weighted by atomic mass is 32.2. The van der Waals surface area contributed by atoms with Gasteiger partial charge >= 0.3 is 0 Å². The highest BCUT2D eigenvalue weighted by Gasteiger charge is 2.19. The fraction of sp³-hybridized carbons (Fsp3) is 0.346. The van der Waals surface area contributed by atoms with Crippen LogP contribution in [0.4, 0.5) is 5.69 Å². The van der Waals surface area contributed by atoms with Crippen LogP contribution in [0.15, 0.2) is 52.4 Å². The van der Waals surface area contributed by atoms with Gasteiger partial charge in [-0.1, -0.05) is 37.7 Å². The number of carbonyl (C=O) groups is 2. The molecule has 10 heteroatoms. The molecule has 0 aliphatic rings. The molecular weight excluding hydrogens is 476 g/mol. The molecule has 0 atom stereocenters. The second kappa shape index (κ2) is 10.9. The van der Waals surface area contributed by atoms with Gasteiger partial charge in [0.15, 0.2) is 5.16 Å². The number of hydrogen-bond acceptors (Lipinski definition) is 6. The molecule has 0 saturated heterocycles. The average Bonchev–Trinajstić information content (AvgIpc) is 3.29. The molecule has 0 unspecified atom stereocenters. The van der Waals surface area contributed by atoms with Crippen LogP contribution in [0.1, 0.15) is 50.0 Å². The molecule has 188 valence electrons. The molecule has 36 heavy (non-hydrogen) atoms. The number of nitrogens with zero attached hydrogens (tertiary/aromatic N) is 4. The first-order valence-corrected chi connectivity index (χ1v) is 13.0. The van der Waals surface area contributed by atoms with Crippen molar-refractivity contribution in [3.05, 3.63) is 63.9 Å². The number of benzene rings is 2. The SMILES string of the molecule is CCCn1c(=O)c2ccc(C(=O)NC(C)C)cc2n2c(SCC(=O)Nc3ccc(CC)cc3)nnc12. The third-order valence-electron chi connectivity index (χ3n) is 5.68. The molecule has 0 aliphatic heterocycles. The van der Waals surface area contributed by atoms with Crippen molar-refractivity contribution in [3.63, 3.8) is 0 Å². The summed E-state index contributed by atoms with van der Waals surface area (Å²) in [6.45, 7) is 8.31. The number of aryl methyl sites for hydroxylation is 2. The third-order valence-corrected chi connectivity index (χ3v) is 6.61. The van der Waals surface area contributed by atoms with E-state index in [9.17, 15) is 14.4 Å². The van der Waals surface area contributed by atoms with Gasteiger partial charge in [0.2, 0.25) is 11.7 Å². The summed E-state index contributed by atoms with van der Waals surface area (Å²) in [4.78, 5) is 38.5.